The van der Waals surface area contributed by atoms with E-state index in [0.29, 0.717) is 6.04 Å². The predicted molar refractivity (Wildman–Crippen MR) is 70.3 cm³/mol. The summed E-state index contributed by atoms with van der Waals surface area (Å²) in [6, 6.07) is 2.59. The molecule has 4 heteroatoms. The Labute approximate surface area is 107 Å². The molecule has 0 radical (unpaired) electrons. The second-order valence-corrected chi connectivity index (χ2v) is 6.32. The zero-order valence-electron chi connectivity index (χ0n) is 10.5. The van der Waals surface area contributed by atoms with Crippen molar-refractivity contribution in [1.82, 2.24) is 4.90 Å². The molecule has 96 valence electrons. The predicted octanol–water partition coefficient (Wildman–Crippen LogP) is 1.66. The monoisotopic (exact) mass is 255 g/mol. The van der Waals surface area contributed by atoms with Crippen molar-refractivity contribution in [2.45, 2.75) is 26.3 Å². The van der Waals surface area contributed by atoms with Gasteiger partial charge in [-0.2, -0.15) is 0 Å². The lowest BCUT2D eigenvalue weighted by atomic mass is 9.90. The van der Waals surface area contributed by atoms with Crippen LogP contribution in [0.15, 0.2) is 11.4 Å². The maximum Gasteiger partial charge on any atom is 0.0519 e. The van der Waals surface area contributed by atoms with Gasteiger partial charge in [0.25, 0.3) is 0 Å². The van der Waals surface area contributed by atoms with Gasteiger partial charge in [-0.25, -0.2) is 0 Å². The normalized spacial score (nSPS) is 21.5. The summed E-state index contributed by atoms with van der Waals surface area (Å²) in [5.74, 6) is 0. The zero-order valence-corrected chi connectivity index (χ0v) is 11.3. The molecule has 2 N–H and O–H groups in total. The first-order chi connectivity index (χ1) is 8.09. The smallest absolute Gasteiger partial charge is 0.0519 e. The molecule has 3 nitrogen and oxygen atoms in total. The Morgan fingerprint density at radius 2 is 2.18 bits per heavy atom. The Morgan fingerprint density at radius 3 is 2.82 bits per heavy atom. The van der Waals surface area contributed by atoms with Gasteiger partial charge in [0.15, 0.2) is 0 Å². The number of hydrogen-bond donors (Lipinski definition) is 2. The quantitative estimate of drug-likeness (QED) is 0.860. The van der Waals surface area contributed by atoms with Gasteiger partial charge in [0.1, 0.15) is 0 Å². The van der Waals surface area contributed by atoms with Crippen molar-refractivity contribution in [2.24, 2.45) is 5.41 Å². The van der Waals surface area contributed by atoms with E-state index in [9.17, 15) is 10.2 Å². The van der Waals surface area contributed by atoms with Crippen molar-refractivity contribution in [3.05, 3.63) is 21.9 Å². The van der Waals surface area contributed by atoms with E-state index in [0.717, 1.165) is 19.5 Å². The molecule has 1 aliphatic rings. The van der Waals surface area contributed by atoms with Crippen molar-refractivity contribution in [2.75, 3.05) is 26.3 Å². The molecule has 0 bridgehead atoms. The maximum atomic E-state index is 9.37. The van der Waals surface area contributed by atoms with E-state index >= 15 is 0 Å². The second-order valence-electron chi connectivity index (χ2n) is 5.32. The van der Waals surface area contributed by atoms with E-state index < -0.39 is 5.41 Å². The zero-order chi connectivity index (χ0) is 12.5. The summed E-state index contributed by atoms with van der Waals surface area (Å²) in [6.45, 7) is 5.97. The average Bonchev–Trinajstić information content (AvgIpc) is 2.82. The number of fused-ring (bicyclic) bond motifs is 1. The summed E-state index contributed by atoms with van der Waals surface area (Å²) in [5, 5.41) is 20.9. The van der Waals surface area contributed by atoms with Gasteiger partial charge >= 0.3 is 0 Å². The number of aliphatic hydroxyl groups is 2. The van der Waals surface area contributed by atoms with Gasteiger partial charge in [0.2, 0.25) is 0 Å². The van der Waals surface area contributed by atoms with Crippen LogP contribution in [0.5, 0.6) is 0 Å². The van der Waals surface area contributed by atoms with Gasteiger partial charge in [-0.1, -0.05) is 6.92 Å². The highest BCUT2D eigenvalue weighted by atomic mass is 32.1. The van der Waals surface area contributed by atoms with Crippen LogP contribution in [0, 0.1) is 5.41 Å². The molecule has 0 fully saturated rings. The molecule has 1 aromatic heterocycles. The number of hydrogen-bond acceptors (Lipinski definition) is 4. The summed E-state index contributed by atoms with van der Waals surface area (Å²) in [6.07, 6.45) is 1.09. The molecular formula is C13H21NO2S. The Balaban J connectivity index is 2.10. The summed E-state index contributed by atoms with van der Waals surface area (Å²) in [4.78, 5) is 3.85. The van der Waals surface area contributed by atoms with Crippen molar-refractivity contribution in [3.8, 4) is 0 Å². The molecule has 1 aliphatic heterocycles. The average molecular weight is 255 g/mol. The van der Waals surface area contributed by atoms with E-state index in [1.54, 1.807) is 0 Å². The summed E-state index contributed by atoms with van der Waals surface area (Å²) in [5.41, 5.74) is 1.02. The van der Waals surface area contributed by atoms with Gasteiger partial charge in [-0.05, 0) is 30.4 Å². The summed E-state index contributed by atoms with van der Waals surface area (Å²) < 4.78 is 0. The van der Waals surface area contributed by atoms with Crippen LogP contribution in [0.4, 0.5) is 0 Å². The largest absolute Gasteiger partial charge is 0.396 e. The van der Waals surface area contributed by atoms with Crippen molar-refractivity contribution >= 4 is 11.3 Å². The van der Waals surface area contributed by atoms with Crippen LogP contribution in [-0.4, -0.2) is 41.4 Å². The SMILES string of the molecule is CC1c2ccsc2CCN1CC(C)(CO)CO. The first-order valence-corrected chi connectivity index (χ1v) is 6.99. The van der Waals surface area contributed by atoms with E-state index in [2.05, 4.69) is 23.3 Å². The van der Waals surface area contributed by atoms with Crippen molar-refractivity contribution < 1.29 is 10.2 Å². The third kappa shape index (κ3) is 2.55. The molecule has 0 aliphatic carbocycles. The molecule has 2 heterocycles. The lowest BCUT2D eigenvalue weighted by molar-refractivity contribution is 0.0216. The Kier molecular flexibility index (Phi) is 3.88. The maximum absolute atomic E-state index is 9.37. The van der Waals surface area contributed by atoms with E-state index in [1.807, 2.05) is 18.3 Å². The number of thiophene rings is 1. The molecule has 0 spiro atoms. The lowest BCUT2D eigenvalue weighted by Gasteiger charge is -2.39. The molecule has 17 heavy (non-hydrogen) atoms. The van der Waals surface area contributed by atoms with Crippen LogP contribution >= 0.6 is 11.3 Å². The minimum atomic E-state index is -0.401. The van der Waals surface area contributed by atoms with Crippen LogP contribution in [0.2, 0.25) is 0 Å². The number of rotatable bonds is 4. The standard InChI is InChI=1S/C13H21NO2S/c1-10-11-4-6-17-12(11)3-5-14(10)7-13(2,8-15)9-16/h4,6,10,15-16H,3,5,7-9H2,1-2H3. The lowest BCUT2D eigenvalue weighted by Crippen LogP contribution is -2.44. The fourth-order valence-corrected chi connectivity index (χ4v) is 3.38. The van der Waals surface area contributed by atoms with Gasteiger partial charge in [-0.15, -0.1) is 11.3 Å². The number of nitrogens with zero attached hydrogens (tertiary/aromatic N) is 1. The van der Waals surface area contributed by atoms with Crippen molar-refractivity contribution in [1.29, 1.82) is 0 Å². The Bertz CT molecular complexity index is 373. The minimum absolute atomic E-state index is 0.0310. The van der Waals surface area contributed by atoms with Crippen molar-refractivity contribution in [3.63, 3.8) is 0 Å². The van der Waals surface area contributed by atoms with E-state index in [1.165, 1.54) is 10.4 Å². The number of aliphatic hydroxyl groups excluding tert-OH is 2. The third-order valence-electron chi connectivity index (χ3n) is 3.75. The highest BCUT2D eigenvalue weighted by molar-refractivity contribution is 7.10. The fraction of sp³-hybridized carbons (Fsp3) is 0.692. The van der Waals surface area contributed by atoms with Gasteiger partial charge < -0.3 is 10.2 Å². The first-order valence-electron chi connectivity index (χ1n) is 6.12. The molecular weight excluding hydrogens is 234 g/mol. The molecule has 0 amide bonds. The minimum Gasteiger partial charge on any atom is -0.396 e. The molecule has 0 saturated heterocycles. The Hall–Kier alpha value is -0.420. The Morgan fingerprint density at radius 1 is 1.47 bits per heavy atom. The van der Waals surface area contributed by atoms with Gasteiger partial charge in [0, 0.05) is 29.4 Å². The van der Waals surface area contributed by atoms with Crippen LogP contribution < -0.4 is 0 Å². The third-order valence-corrected chi connectivity index (χ3v) is 4.75. The topological polar surface area (TPSA) is 43.7 Å². The molecule has 1 atom stereocenters. The van der Waals surface area contributed by atoms with Gasteiger partial charge in [0.05, 0.1) is 13.2 Å². The second kappa shape index (κ2) is 5.06. The fourth-order valence-electron chi connectivity index (χ4n) is 2.42. The van der Waals surface area contributed by atoms with Gasteiger partial charge in [-0.3, -0.25) is 4.90 Å². The molecule has 2 rings (SSSR count). The molecule has 0 aromatic carbocycles. The molecule has 1 aromatic rings. The molecule has 0 saturated carbocycles. The van der Waals surface area contributed by atoms with Crippen LogP contribution in [0.25, 0.3) is 0 Å². The van der Waals surface area contributed by atoms with Crippen LogP contribution in [0.3, 0.4) is 0 Å². The van der Waals surface area contributed by atoms with Crippen LogP contribution in [0.1, 0.15) is 30.3 Å². The first kappa shape index (κ1) is 13.0. The van der Waals surface area contributed by atoms with Crippen LogP contribution in [-0.2, 0) is 6.42 Å². The summed E-state index contributed by atoms with van der Waals surface area (Å²) in [7, 11) is 0. The van der Waals surface area contributed by atoms with E-state index in [-0.39, 0.29) is 13.2 Å². The molecule has 1 unspecified atom stereocenters. The van der Waals surface area contributed by atoms with E-state index in [4.69, 9.17) is 0 Å². The summed E-state index contributed by atoms with van der Waals surface area (Å²) >= 11 is 1.84. The highest BCUT2D eigenvalue weighted by Crippen LogP contribution is 2.34. The highest BCUT2D eigenvalue weighted by Gasteiger charge is 2.31.